The van der Waals surface area contributed by atoms with E-state index in [4.69, 9.17) is 32.7 Å². The van der Waals surface area contributed by atoms with E-state index in [1.54, 1.807) is 31.2 Å². The van der Waals surface area contributed by atoms with E-state index >= 15 is 0 Å². The fourth-order valence-corrected chi connectivity index (χ4v) is 3.80. The van der Waals surface area contributed by atoms with Gasteiger partial charge in [-0.1, -0.05) is 29.3 Å². The van der Waals surface area contributed by atoms with Crippen LogP contribution in [0.25, 0.3) is 0 Å². The number of anilines is 2. The number of hydrogen-bond acceptors (Lipinski definition) is 6. The summed E-state index contributed by atoms with van der Waals surface area (Å²) in [5, 5.41) is 9.73. The van der Waals surface area contributed by atoms with Crippen molar-refractivity contribution in [1.82, 2.24) is 5.43 Å². The van der Waals surface area contributed by atoms with Crippen LogP contribution in [0.15, 0.2) is 72.4 Å². The van der Waals surface area contributed by atoms with Crippen LogP contribution in [0.3, 0.4) is 0 Å². The van der Waals surface area contributed by atoms with Crippen molar-refractivity contribution in [1.29, 1.82) is 0 Å². The molecule has 0 aliphatic rings. The molecule has 0 saturated carbocycles. The molecule has 214 valence electrons. The fourth-order valence-electron chi connectivity index (χ4n) is 3.50. The number of benzene rings is 3. The van der Waals surface area contributed by atoms with Gasteiger partial charge in [-0.05, 0) is 73.5 Å². The van der Waals surface area contributed by atoms with Crippen molar-refractivity contribution >= 4 is 58.5 Å². The maximum Gasteiger partial charge on any atom is 0.262 e. The third kappa shape index (κ3) is 9.93. The molecule has 0 unspecified atom stereocenters. The van der Waals surface area contributed by atoms with E-state index in [-0.39, 0.29) is 11.6 Å². The second kappa shape index (κ2) is 15.4. The van der Waals surface area contributed by atoms with E-state index in [1.165, 1.54) is 42.6 Å². The summed E-state index contributed by atoms with van der Waals surface area (Å²) in [4.78, 5) is 36.8. The number of ether oxygens (including phenoxy) is 2. The zero-order valence-corrected chi connectivity index (χ0v) is 23.5. The van der Waals surface area contributed by atoms with E-state index < -0.39 is 30.0 Å². The average Bonchev–Trinajstić information content (AvgIpc) is 2.92. The van der Waals surface area contributed by atoms with Gasteiger partial charge in [-0.15, -0.1) is 6.58 Å². The van der Waals surface area contributed by atoms with Gasteiger partial charge in [0.25, 0.3) is 5.91 Å². The third-order valence-electron chi connectivity index (χ3n) is 5.22. The first-order valence-electron chi connectivity index (χ1n) is 12.3. The molecule has 0 radical (unpaired) electrons. The molecule has 0 fully saturated rings. The molecular formula is C29H27Cl2FN4O5. The molecule has 0 heterocycles. The predicted molar refractivity (Wildman–Crippen MR) is 157 cm³/mol. The van der Waals surface area contributed by atoms with Crippen LogP contribution in [-0.2, 0) is 20.8 Å². The lowest BCUT2D eigenvalue weighted by Gasteiger charge is -2.16. The van der Waals surface area contributed by atoms with Crippen LogP contribution in [0.4, 0.5) is 15.8 Å². The van der Waals surface area contributed by atoms with Gasteiger partial charge < -0.3 is 20.1 Å². The van der Waals surface area contributed by atoms with Crippen molar-refractivity contribution in [3.63, 3.8) is 0 Å². The molecule has 3 N–H and O–H groups in total. The summed E-state index contributed by atoms with van der Waals surface area (Å²) in [5.41, 5.74) is 4.36. The zero-order chi connectivity index (χ0) is 29.8. The minimum atomic E-state index is -0.637. The van der Waals surface area contributed by atoms with E-state index in [1.807, 2.05) is 0 Å². The summed E-state index contributed by atoms with van der Waals surface area (Å²) in [6.07, 6.45) is 2.95. The number of allylic oxidation sites excluding steroid dienone is 1. The summed E-state index contributed by atoms with van der Waals surface area (Å²) >= 11 is 11.8. The molecule has 0 spiro atoms. The number of hydrazone groups is 1. The summed E-state index contributed by atoms with van der Waals surface area (Å²) in [5.74, 6) is -1.35. The van der Waals surface area contributed by atoms with Crippen molar-refractivity contribution in [3.05, 3.63) is 94.2 Å². The van der Waals surface area contributed by atoms with Crippen molar-refractivity contribution in [2.75, 3.05) is 23.8 Å². The van der Waals surface area contributed by atoms with Gasteiger partial charge in [-0.25, -0.2) is 9.82 Å². The molecule has 0 aliphatic carbocycles. The zero-order valence-electron chi connectivity index (χ0n) is 22.0. The molecule has 0 bridgehead atoms. The molecule has 3 aromatic rings. The van der Waals surface area contributed by atoms with E-state index in [0.29, 0.717) is 52.1 Å². The van der Waals surface area contributed by atoms with E-state index in [9.17, 15) is 18.8 Å². The van der Waals surface area contributed by atoms with Gasteiger partial charge >= 0.3 is 0 Å². The van der Waals surface area contributed by atoms with Crippen molar-refractivity contribution in [2.24, 2.45) is 5.10 Å². The third-order valence-corrected chi connectivity index (χ3v) is 5.96. The SMILES string of the molecule is C=CCc1cc(C=NNC(=O)CC(=O)Nc2ccc(Cl)c(Cl)c2)cc(OCC)c1OCC(=O)Nc1ccc(F)cc1. The summed E-state index contributed by atoms with van der Waals surface area (Å²) in [6.45, 7) is 5.55. The highest BCUT2D eigenvalue weighted by Crippen LogP contribution is 2.33. The van der Waals surface area contributed by atoms with Crippen molar-refractivity contribution < 1.29 is 28.2 Å². The van der Waals surface area contributed by atoms with Crippen molar-refractivity contribution in [3.8, 4) is 11.5 Å². The van der Waals surface area contributed by atoms with Crippen LogP contribution in [0.5, 0.6) is 11.5 Å². The molecule has 3 aromatic carbocycles. The Labute approximate surface area is 246 Å². The Morgan fingerprint density at radius 1 is 0.927 bits per heavy atom. The lowest BCUT2D eigenvalue weighted by atomic mass is 10.1. The van der Waals surface area contributed by atoms with Gasteiger partial charge in [-0.3, -0.25) is 14.4 Å². The molecule has 3 rings (SSSR count). The highest BCUT2D eigenvalue weighted by Gasteiger charge is 2.15. The number of carbonyl (C=O) groups is 3. The molecule has 0 aromatic heterocycles. The monoisotopic (exact) mass is 600 g/mol. The Morgan fingerprint density at radius 2 is 1.63 bits per heavy atom. The summed E-state index contributed by atoms with van der Waals surface area (Å²) in [6, 6.07) is 13.3. The van der Waals surface area contributed by atoms with Gasteiger partial charge in [0.05, 0.1) is 22.9 Å². The Morgan fingerprint density at radius 3 is 2.32 bits per heavy atom. The lowest BCUT2D eigenvalue weighted by Crippen LogP contribution is -2.24. The molecule has 0 saturated heterocycles. The quantitative estimate of drug-likeness (QED) is 0.0998. The maximum absolute atomic E-state index is 13.1. The van der Waals surface area contributed by atoms with E-state index in [2.05, 4.69) is 27.7 Å². The molecule has 12 heteroatoms. The van der Waals surface area contributed by atoms with Crippen LogP contribution in [0, 0.1) is 5.82 Å². The second-order valence-electron chi connectivity index (χ2n) is 8.42. The standard InChI is InChI=1S/C29H27Cl2FN4O5/c1-3-5-19-12-18(16-33-36-27(38)15-26(37)35-22-10-11-23(30)24(31)14-22)13-25(40-4-2)29(19)41-17-28(39)34-21-8-6-20(32)7-9-21/h3,6-14,16H,1,4-5,15,17H2,2H3,(H,34,39)(H,35,37)(H,36,38). The first-order valence-corrected chi connectivity index (χ1v) is 13.1. The Bertz CT molecular complexity index is 1450. The van der Waals surface area contributed by atoms with Crippen LogP contribution < -0.4 is 25.5 Å². The number of halogens is 3. The van der Waals surface area contributed by atoms with Gasteiger partial charge in [0.15, 0.2) is 18.1 Å². The number of rotatable bonds is 13. The minimum absolute atomic E-state index is 0.269. The number of hydrogen-bond donors (Lipinski definition) is 3. The first kappa shape index (κ1) is 31.1. The van der Waals surface area contributed by atoms with E-state index in [0.717, 1.165) is 0 Å². The van der Waals surface area contributed by atoms with Crippen LogP contribution in [0.2, 0.25) is 10.0 Å². The molecule has 0 aliphatic heterocycles. The van der Waals surface area contributed by atoms with Crippen molar-refractivity contribution in [2.45, 2.75) is 19.8 Å². The Kier molecular flexibility index (Phi) is 11.7. The summed E-state index contributed by atoms with van der Waals surface area (Å²) in [7, 11) is 0. The minimum Gasteiger partial charge on any atom is -0.490 e. The Hall–Kier alpha value is -4.41. The number of nitrogens with one attached hydrogen (secondary N) is 3. The highest BCUT2D eigenvalue weighted by atomic mass is 35.5. The normalized spacial score (nSPS) is 10.6. The topological polar surface area (TPSA) is 118 Å². The fraction of sp³-hybridized carbons (Fsp3) is 0.172. The van der Waals surface area contributed by atoms with Crippen LogP contribution in [0.1, 0.15) is 24.5 Å². The molecule has 0 atom stereocenters. The van der Waals surface area contributed by atoms with Gasteiger partial charge in [0.2, 0.25) is 11.8 Å². The number of amides is 3. The van der Waals surface area contributed by atoms with Gasteiger partial charge in [0.1, 0.15) is 12.2 Å². The largest absolute Gasteiger partial charge is 0.490 e. The average molecular weight is 601 g/mol. The molecule has 41 heavy (non-hydrogen) atoms. The highest BCUT2D eigenvalue weighted by molar-refractivity contribution is 6.42. The van der Waals surface area contributed by atoms with Crippen LogP contribution in [-0.4, -0.2) is 37.1 Å². The Balaban J connectivity index is 1.64. The van der Waals surface area contributed by atoms with Gasteiger partial charge in [0, 0.05) is 16.9 Å². The molecular weight excluding hydrogens is 574 g/mol. The smallest absolute Gasteiger partial charge is 0.262 e. The number of nitrogens with zero attached hydrogens (tertiary/aromatic N) is 1. The molecule has 3 amide bonds. The molecule has 9 nitrogen and oxygen atoms in total. The van der Waals surface area contributed by atoms with Gasteiger partial charge in [-0.2, -0.15) is 5.10 Å². The predicted octanol–water partition coefficient (Wildman–Crippen LogP) is 5.76. The number of carbonyl (C=O) groups excluding carboxylic acids is 3. The first-order chi connectivity index (χ1) is 19.7. The maximum atomic E-state index is 13.1. The van der Waals surface area contributed by atoms with Crippen LogP contribution >= 0.6 is 23.2 Å². The second-order valence-corrected chi connectivity index (χ2v) is 9.24. The lowest BCUT2D eigenvalue weighted by molar-refractivity contribution is -0.126. The summed E-state index contributed by atoms with van der Waals surface area (Å²) < 4.78 is 24.6.